The van der Waals surface area contributed by atoms with Gasteiger partial charge in [-0.3, -0.25) is 9.59 Å². The zero-order chi connectivity index (χ0) is 14.4. The smallest absolute Gasteiger partial charge is 0.220 e. The van der Waals surface area contributed by atoms with Gasteiger partial charge in [0.1, 0.15) is 0 Å². The fourth-order valence-electron chi connectivity index (χ4n) is 2.67. The van der Waals surface area contributed by atoms with Crippen molar-refractivity contribution < 1.29 is 9.59 Å². The van der Waals surface area contributed by atoms with E-state index in [9.17, 15) is 9.59 Å². The molecular formula is C16H22N2O2. The van der Waals surface area contributed by atoms with Crippen LogP contribution >= 0.6 is 0 Å². The first-order chi connectivity index (χ1) is 9.66. The van der Waals surface area contributed by atoms with E-state index >= 15 is 0 Å². The number of nitrogens with two attached hydrogens (primary N) is 1. The van der Waals surface area contributed by atoms with Crippen molar-refractivity contribution >= 4 is 11.7 Å². The van der Waals surface area contributed by atoms with Gasteiger partial charge in [-0.25, -0.2) is 0 Å². The van der Waals surface area contributed by atoms with Crippen LogP contribution < -0.4 is 5.73 Å². The van der Waals surface area contributed by atoms with E-state index in [4.69, 9.17) is 5.73 Å². The number of carbonyl (C=O) groups excluding carboxylic acids is 2. The zero-order valence-electron chi connectivity index (χ0n) is 11.8. The van der Waals surface area contributed by atoms with Gasteiger partial charge < -0.3 is 10.6 Å². The van der Waals surface area contributed by atoms with Gasteiger partial charge in [-0.2, -0.15) is 0 Å². The number of nitrogens with zero attached hydrogens (tertiary/aromatic N) is 1. The minimum Gasteiger partial charge on any atom is -0.369 e. The predicted molar refractivity (Wildman–Crippen MR) is 78.4 cm³/mol. The van der Waals surface area contributed by atoms with Crippen molar-refractivity contribution in [1.29, 1.82) is 0 Å². The first-order valence-corrected chi connectivity index (χ1v) is 7.27. The van der Waals surface area contributed by atoms with Gasteiger partial charge in [0.25, 0.3) is 0 Å². The maximum atomic E-state index is 11.9. The average Bonchev–Trinajstić information content (AvgIpc) is 2.48. The number of rotatable bonds is 6. The molecule has 1 aliphatic rings. The Morgan fingerprint density at radius 3 is 2.40 bits per heavy atom. The predicted octanol–water partition coefficient (Wildman–Crippen LogP) is 1.85. The van der Waals surface area contributed by atoms with Crippen LogP contribution in [0.5, 0.6) is 0 Å². The SMILES string of the molecule is NC(=O)C1CCN(CCCC(=O)c2ccccc2)CC1. The molecule has 0 saturated carbocycles. The van der Waals surface area contributed by atoms with Crippen molar-refractivity contribution in [2.75, 3.05) is 19.6 Å². The van der Waals surface area contributed by atoms with Gasteiger partial charge in [0.15, 0.2) is 5.78 Å². The third kappa shape index (κ3) is 4.17. The normalized spacial score (nSPS) is 17.0. The van der Waals surface area contributed by atoms with Crippen molar-refractivity contribution in [3.05, 3.63) is 35.9 Å². The lowest BCUT2D eigenvalue weighted by molar-refractivity contribution is -0.123. The summed E-state index contributed by atoms with van der Waals surface area (Å²) >= 11 is 0. The van der Waals surface area contributed by atoms with Crippen LogP contribution in [0.1, 0.15) is 36.0 Å². The molecule has 0 atom stereocenters. The van der Waals surface area contributed by atoms with Gasteiger partial charge in [0.2, 0.25) is 5.91 Å². The molecule has 108 valence electrons. The Kier molecular flexibility index (Phi) is 5.30. The Balaban J connectivity index is 1.67. The number of amides is 1. The van der Waals surface area contributed by atoms with Crippen LogP contribution in [0.3, 0.4) is 0 Å². The molecule has 1 aliphatic heterocycles. The van der Waals surface area contributed by atoms with Crippen molar-refractivity contribution in [2.24, 2.45) is 11.7 Å². The number of primary amides is 1. The summed E-state index contributed by atoms with van der Waals surface area (Å²) in [6.45, 7) is 2.74. The molecular weight excluding hydrogens is 252 g/mol. The molecule has 1 aromatic rings. The first kappa shape index (κ1) is 14.7. The number of ketones is 1. The summed E-state index contributed by atoms with van der Waals surface area (Å²) < 4.78 is 0. The maximum Gasteiger partial charge on any atom is 0.220 e. The van der Waals surface area contributed by atoms with Gasteiger partial charge >= 0.3 is 0 Å². The fraction of sp³-hybridized carbons (Fsp3) is 0.500. The van der Waals surface area contributed by atoms with Crippen LogP contribution in [0.25, 0.3) is 0 Å². The summed E-state index contributed by atoms with van der Waals surface area (Å²) in [7, 11) is 0. The highest BCUT2D eigenvalue weighted by atomic mass is 16.1. The summed E-state index contributed by atoms with van der Waals surface area (Å²) in [6.07, 6.45) is 3.15. The highest BCUT2D eigenvalue weighted by molar-refractivity contribution is 5.95. The van der Waals surface area contributed by atoms with E-state index in [1.54, 1.807) is 0 Å². The van der Waals surface area contributed by atoms with Crippen LogP contribution in [0.4, 0.5) is 0 Å². The summed E-state index contributed by atoms with van der Waals surface area (Å²) in [5, 5.41) is 0. The fourth-order valence-corrected chi connectivity index (χ4v) is 2.67. The average molecular weight is 274 g/mol. The maximum absolute atomic E-state index is 11.9. The lowest BCUT2D eigenvalue weighted by Crippen LogP contribution is -2.39. The Morgan fingerprint density at radius 2 is 1.80 bits per heavy atom. The van der Waals surface area contributed by atoms with Gasteiger partial charge in [-0.1, -0.05) is 30.3 Å². The zero-order valence-corrected chi connectivity index (χ0v) is 11.8. The lowest BCUT2D eigenvalue weighted by Gasteiger charge is -2.30. The quantitative estimate of drug-likeness (QED) is 0.805. The molecule has 4 heteroatoms. The number of carbonyl (C=O) groups is 2. The van der Waals surface area contributed by atoms with E-state index in [1.807, 2.05) is 30.3 Å². The Bertz CT molecular complexity index is 451. The van der Waals surface area contributed by atoms with Crippen LogP contribution in [-0.2, 0) is 4.79 Å². The monoisotopic (exact) mass is 274 g/mol. The van der Waals surface area contributed by atoms with Crippen LogP contribution in [0.15, 0.2) is 30.3 Å². The Hall–Kier alpha value is -1.68. The molecule has 0 aromatic heterocycles. The molecule has 1 saturated heterocycles. The largest absolute Gasteiger partial charge is 0.369 e. The van der Waals surface area contributed by atoms with Crippen molar-refractivity contribution in [2.45, 2.75) is 25.7 Å². The van der Waals surface area contributed by atoms with Gasteiger partial charge in [0, 0.05) is 17.9 Å². The van der Waals surface area contributed by atoms with E-state index < -0.39 is 0 Å². The number of hydrogen-bond donors (Lipinski definition) is 1. The molecule has 1 aromatic carbocycles. The van der Waals surface area contributed by atoms with Crippen molar-refractivity contribution in [3.63, 3.8) is 0 Å². The minimum atomic E-state index is -0.177. The number of likely N-dealkylation sites (tertiary alicyclic amines) is 1. The molecule has 1 heterocycles. The van der Waals surface area contributed by atoms with E-state index in [-0.39, 0.29) is 17.6 Å². The lowest BCUT2D eigenvalue weighted by atomic mass is 9.96. The first-order valence-electron chi connectivity index (χ1n) is 7.27. The third-order valence-electron chi connectivity index (χ3n) is 3.96. The molecule has 0 radical (unpaired) electrons. The third-order valence-corrected chi connectivity index (χ3v) is 3.96. The Morgan fingerprint density at radius 1 is 1.15 bits per heavy atom. The standard InChI is InChI=1S/C16H22N2O2/c17-16(20)14-8-11-18(12-9-14)10-4-7-15(19)13-5-2-1-3-6-13/h1-3,5-6,14H,4,7-12H2,(H2,17,20). The Labute approximate surface area is 119 Å². The van der Waals surface area contributed by atoms with Gasteiger partial charge in [-0.15, -0.1) is 0 Å². The molecule has 20 heavy (non-hydrogen) atoms. The summed E-state index contributed by atoms with van der Waals surface area (Å²) in [5.41, 5.74) is 6.11. The summed E-state index contributed by atoms with van der Waals surface area (Å²) in [5.74, 6) is 0.0683. The molecule has 2 N–H and O–H groups in total. The van der Waals surface area contributed by atoms with Gasteiger partial charge in [0.05, 0.1) is 0 Å². The van der Waals surface area contributed by atoms with E-state index in [2.05, 4.69) is 4.90 Å². The summed E-state index contributed by atoms with van der Waals surface area (Å²) in [4.78, 5) is 25.3. The molecule has 4 nitrogen and oxygen atoms in total. The molecule has 0 bridgehead atoms. The van der Waals surface area contributed by atoms with E-state index in [0.717, 1.165) is 44.5 Å². The van der Waals surface area contributed by atoms with Crippen molar-refractivity contribution in [3.8, 4) is 0 Å². The second-order valence-electron chi connectivity index (χ2n) is 5.41. The highest BCUT2D eigenvalue weighted by Crippen LogP contribution is 2.17. The van der Waals surface area contributed by atoms with E-state index in [0.29, 0.717) is 6.42 Å². The molecule has 1 fully saturated rings. The molecule has 0 spiro atoms. The van der Waals surface area contributed by atoms with Crippen LogP contribution in [0.2, 0.25) is 0 Å². The summed E-state index contributed by atoms with van der Waals surface area (Å²) in [6, 6.07) is 9.42. The van der Waals surface area contributed by atoms with E-state index in [1.165, 1.54) is 0 Å². The number of benzene rings is 1. The highest BCUT2D eigenvalue weighted by Gasteiger charge is 2.22. The van der Waals surface area contributed by atoms with Crippen LogP contribution in [0, 0.1) is 5.92 Å². The minimum absolute atomic E-state index is 0.0391. The second kappa shape index (κ2) is 7.20. The van der Waals surface area contributed by atoms with Crippen molar-refractivity contribution in [1.82, 2.24) is 4.90 Å². The molecule has 2 rings (SSSR count). The number of hydrogen-bond acceptors (Lipinski definition) is 3. The molecule has 0 unspecified atom stereocenters. The number of Topliss-reactive ketones (excluding diaryl/α,β-unsaturated/α-hetero) is 1. The molecule has 1 amide bonds. The van der Waals surface area contributed by atoms with Gasteiger partial charge in [-0.05, 0) is 38.9 Å². The second-order valence-corrected chi connectivity index (χ2v) is 5.41. The van der Waals surface area contributed by atoms with Crippen LogP contribution in [-0.4, -0.2) is 36.2 Å². The molecule has 0 aliphatic carbocycles. The topological polar surface area (TPSA) is 63.4 Å². The number of piperidine rings is 1.